The number of hydrogen-bond acceptors (Lipinski definition) is 6. The molecule has 0 aliphatic carbocycles. The van der Waals surface area contributed by atoms with Gasteiger partial charge in [-0.3, -0.25) is 9.36 Å². The van der Waals surface area contributed by atoms with Crippen LogP contribution in [0.25, 0.3) is 10.7 Å². The molecule has 0 radical (unpaired) electrons. The van der Waals surface area contributed by atoms with Gasteiger partial charge in [0.25, 0.3) is 0 Å². The van der Waals surface area contributed by atoms with Crippen LogP contribution in [0.15, 0.2) is 77.3 Å². The lowest BCUT2D eigenvalue weighted by Crippen LogP contribution is -2.07. The molecule has 5 nitrogen and oxygen atoms in total. The fourth-order valence-electron chi connectivity index (χ4n) is 2.90. The minimum atomic E-state index is 0.0286. The monoisotopic (exact) mass is 421 g/mol. The van der Waals surface area contributed by atoms with Gasteiger partial charge in [0.05, 0.1) is 24.3 Å². The third-order valence-corrected chi connectivity index (χ3v) is 6.20. The maximum absolute atomic E-state index is 12.7. The van der Waals surface area contributed by atoms with Crippen LogP contribution in [-0.4, -0.2) is 33.4 Å². The van der Waals surface area contributed by atoms with Gasteiger partial charge in [0, 0.05) is 5.56 Å². The van der Waals surface area contributed by atoms with Gasteiger partial charge in [0.15, 0.2) is 16.8 Å². The van der Waals surface area contributed by atoms with Gasteiger partial charge in [-0.05, 0) is 29.1 Å². The number of Topliss-reactive ketones (excluding diaryl/α,β-unsaturated/α-hetero) is 1. The largest absolute Gasteiger partial charge is 0.497 e. The summed E-state index contributed by atoms with van der Waals surface area (Å²) in [7, 11) is 1.59. The molecule has 4 aromatic rings. The molecule has 0 saturated heterocycles. The van der Waals surface area contributed by atoms with Crippen LogP contribution in [0.3, 0.4) is 0 Å². The Bertz CT molecular complexity index is 1090. The molecule has 146 valence electrons. The van der Waals surface area contributed by atoms with Crippen molar-refractivity contribution in [3.8, 4) is 16.5 Å². The number of carbonyl (C=O) groups excluding carboxylic acids is 1. The lowest BCUT2D eigenvalue weighted by Gasteiger charge is -2.09. The molecule has 7 heteroatoms. The predicted molar refractivity (Wildman–Crippen MR) is 117 cm³/mol. The number of aromatic nitrogens is 3. The van der Waals surface area contributed by atoms with E-state index in [2.05, 4.69) is 26.9 Å². The molecule has 0 spiro atoms. The van der Waals surface area contributed by atoms with E-state index in [4.69, 9.17) is 4.74 Å². The van der Waals surface area contributed by atoms with Gasteiger partial charge in [-0.1, -0.05) is 60.3 Å². The second-order valence-electron chi connectivity index (χ2n) is 6.30. The highest BCUT2D eigenvalue weighted by Gasteiger charge is 2.17. The summed E-state index contributed by atoms with van der Waals surface area (Å²) in [6.07, 6.45) is 0. The Morgan fingerprint density at radius 1 is 1.07 bits per heavy atom. The van der Waals surface area contributed by atoms with E-state index in [-0.39, 0.29) is 11.5 Å². The van der Waals surface area contributed by atoms with Gasteiger partial charge in [-0.15, -0.1) is 21.5 Å². The van der Waals surface area contributed by atoms with E-state index >= 15 is 0 Å². The standard InChI is InChI=1S/C22H19N3O2S2/c1-27-18-10-5-9-17(13-18)19(26)15-29-22-24-23-21(20-11-6-12-28-20)25(22)14-16-7-3-2-4-8-16/h2-13H,14-15H2,1H3. The van der Waals surface area contributed by atoms with Gasteiger partial charge >= 0.3 is 0 Å². The van der Waals surface area contributed by atoms with E-state index in [0.29, 0.717) is 17.9 Å². The quantitative estimate of drug-likeness (QED) is 0.295. The third-order valence-electron chi connectivity index (χ3n) is 4.37. The van der Waals surface area contributed by atoms with Crippen molar-refractivity contribution in [2.75, 3.05) is 12.9 Å². The number of thioether (sulfide) groups is 1. The third kappa shape index (κ3) is 4.58. The molecule has 0 saturated carbocycles. The van der Waals surface area contributed by atoms with Crippen molar-refractivity contribution >= 4 is 28.9 Å². The molecule has 0 fully saturated rings. The number of benzene rings is 2. The zero-order chi connectivity index (χ0) is 20.1. The van der Waals surface area contributed by atoms with Crippen LogP contribution in [0.4, 0.5) is 0 Å². The minimum absolute atomic E-state index is 0.0286. The number of nitrogens with zero attached hydrogens (tertiary/aromatic N) is 3. The average Bonchev–Trinajstić information content (AvgIpc) is 3.43. The first kappa shape index (κ1) is 19.4. The average molecular weight is 422 g/mol. The lowest BCUT2D eigenvalue weighted by atomic mass is 10.1. The molecule has 29 heavy (non-hydrogen) atoms. The fraction of sp³-hybridized carbons (Fsp3) is 0.136. The molecule has 0 N–H and O–H groups in total. The summed E-state index contributed by atoms with van der Waals surface area (Å²) in [5, 5.41) is 11.5. The molecule has 0 aliphatic rings. The second kappa shape index (κ2) is 9.07. The van der Waals surface area contributed by atoms with Crippen molar-refractivity contribution in [3.05, 3.63) is 83.2 Å². The maximum Gasteiger partial charge on any atom is 0.192 e. The van der Waals surface area contributed by atoms with Gasteiger partial charge in [0.2, 0.25) is 0 Å². The van der Waals surface area contributed by atoms with Crippen LogP contribution in [0.5, 0.6) is 5.75 Å². The summed E-state index contributed by atoms with van der Waals surface area (Å²) >= 11 is 3.03. The van der Waals surface area contributed by atoms with Gasteiger partial charge < -0.3 is 4.74 Å². The van der Waals surface area contributed by atoms with E-state index < -0.39 is 0 Å². The van der Waals surface area contributed by atoms with E-state index in [1.807, 2.05) is 47.8 Å². The molecule has 0 atom stereocenters. The van der Waals surface area contributed by atoms with Gasteiger partial charge in [-0.25, -0.2) is 0 Å². The minimum Gasteiger partial charge on any atom is -0.497 e. The van der Waals surface area contributed by atoms with Crippen molar-refractivity contribution < 1.29 is 9.53 Å². The number of carbonyl (C=O) groups is 1. The van der Waals surface area contributed by atoms with Crippen molar-refractivity contribution in [2.24, 2.45) is 0 Å². The Labute approximate surface area is 177 Å². The number of rotatable bonds is 8. The number of hydrogen-bond donors (Lipinski definition) is 0. The van der Waals surface area contributed by atoms with E-state index in [9.17, 15) is 4.79 Å². The molecule has 2 heterocycles. The van der Waals surface area contributed by atoms with Crippen LogP contribution in [0, 0.1) is 0 Å². The Morgan fingerprint density at radius 2 is 1.93 bits per heavy atom. The summed E-state index contributed by atoms with van der Waals surface area (Å²) in [5.74, 6) is 1.80. The normalized spacial score (nSPS) is 10.8. The Hall–Kier alpha value is -2.90. The second-order valence-corrected chi connectivity index (χ2v) is 8.19. The van der Waals surface area contributed by atoms with E-state index in [0.717, 1.165) is 21.4 Å². The molecular weight excluding hydrogens is 402 g/mol. The van der Waals surface area contributed by atoms with E-state index in [1.54, 1.807) is 30.6 Å². The van der Waals surface area contributed by atoms with Crippen LogP contribution >= 0.6 is 23.1 Å². The zero-order valence-electron chi connectivity index (χ0n) is 15.8. The van der Waals surface area contributed by atoms with Crippen molar-refractivity contribution in [2.45, 2.75) is 11.7 Å². The maximum atomic E-state index is 12.7. The molecule has 4 rings (SSSR count). The molecule has 2 aromatic heterocycles. The van der Waals surface area contributed by atoms with Gasteiger partial charge in [-0.2, -0.15) is 0 Å². The number of thiophene rings is 1. The molecular formula is C22H19N3O2S2. The van der Waals surface area contributed by atoms with Crippen LogP contribution < -0.4 is 4.74 Å². The molecule has 0 aliphatic heterocycles. The first-order valence-corrected chi connectivity index (χ1v) is 10.9. The van der Waals surface area contributed by atoms with Crippen LogP contribution in [0.1, 0.15) is 15.9 Å². The molecule has 0 unspecified atom stereocenters. The zero-order valence-corrected chi connectivity index (χ0v) is 17.5. The molecule has 0 bridgehead atoms. The van der Waals surface area contributed by atoms with Crippen LogP contribution in [-0.2, 0) is 6.54 Å². The SMILES string of the molecule is COc1cccc(C(=O)CSc2nnc(-c3cccs3)n2Cc2ccccc2)c1. The van der Waals surface area contributed by atoms with E-state index in [1.165, 1.54) is 11.8 Å². The highest BCUT2D eigenvalue weighted by Crippen LogP contribution is 2.28. The topological polar surface area (TPSA) is 57.0 Å². The number of ether oxygens (including phenoxy) is 1. The van der Waals surface area contributed by atoms with Crippen molar-refractivity contribution in [1.29, 1.82) is 0 Å². The Morgan fingerprint density at radius 3 is 2.69 bits per heavy atom. The highest BCUT2D eigenvalue weighted by molar-refractivity contribution is 7.99. The summed E-state index contributed by atoms with van der Waals surface area (Å²) in [6.45, 7) is 0.650. The Balaban J connectivity index is 1.57. The van der Waals surface area contributed by atoms with Crippen molar-refractivity contribution in [3.63, 3.8) is 0 Å². The van der Waals surface area contributed by atoms with Crippen molar-refractivity contribution in [1.82, 2.24) is 14.8 Å². The Kier molecular flexibility index (Phi) is 6.07. The molecule has 0 amide bonds. The smallest absolute Gasteiger partial charge is 0.192 e. The van der Waals surface area contributed by atoms with Gasteiger partial charge in [0.1, 0.15) is 5.75 Å². The number of ketones is 1. The highest BCUT2D eigenvalue weighted by atomic mass is 32.2. The summed E-state index contributed by atoms with van der Waals surface area (Å²) in [4.78, 5) is 13.7. The summed E-state index contributed by atoms with van der Waals surface area (Å²) < 4.78 is 7.29. The molecule has 2 aromatic carbocycles. The predicted octanol–water partition coefficient (Wildman–Crippen LogP) is 5.04. The van der Waals surface area contributed by atoms with Crippen LogP contribution in [0.2, 0.25) is 0 Å². The summed E-state index contributed by atoms with van der Waals surface area (Å²) in [5.41, 5.74) is 1.79. The number of methoxy groups -OCH3 is 1. The fourth-order valence-corrected chi connectivity index (χ4v) is 4.45. The summed E-state index contributed by atoms with van der Waals surface area (Å²) in [6, 6.07) is 21.4. The lowest BCUT2D eigenvalue weighted by molar-refractivity contribution is 0.102. The first-order valence-electron chi connectivity index (χ1n) is 9.05. The first-order chi connectivity index (χ1) is 14.2.